The van der Waals surface area contributed by atoms with Crippen LogP contribution < -0.4 is 0 Å². The summed E-state index contributed by atoms with van der Waals surface area (Å²) in [6, 6.07) is 28.0. The normalized spacial score (nSPS) is 10.4. The number of hydrogen-bond acceptors (Lipinski definition) is 12. The third-order valence-corrected chi connectivity index (χ3v) is 14.3. The van der Waals surface area contributed by atoms with E-state index in [9.17, 15) is 19.2 Å². The molecule has 68 heavy (non-hydrogen) atoms. The Morgan fingerprint density at radius 3 is 0.676 bits per heavy atom. The first-order valence-corrected chi connectivity index (χ1v) is 24.0. The van der Waals surface area contributed by atoms with Crippen LogP contribution in [0.1, 0.15) is 83.2 Å². The zero-order valence-electron chi connectivity index (χ0n) is 36.4. The Labute approximate surface area is 407 Å². The summed E-state index contributed by atoms with van der Waals surface area (Å²) in [5, 5.41) is 8.51. The minimum Gasteiger partial charge on any atom is -0.465 e. The highest BCUT2D eigenvalue weighted by Gasteiger charge is 2.32. The first-order valence-electron chi connectivity index (χ1n) is 20.5. The van der Waals surface area contributed by atoms with Gasteiger partial charge in [0.15, 0.2) is 0 Å². The fraction of sp³-hybridized carbons (Fsp3) is 0.0714. The van der Waals surface area contributed by atoms with Gasteiger partial charge in [0.1, 0.15) is 0 Å². The Bertz CT molecular complexity index is 3060. The molecule has 8 nitrogen and oxygen atoms in total. The van der Waals surface area contributed by atoms with Crippen molar-refractivity contribution in [2.75, 3.05) is 28.4 Å². The molecule has 0 amide bonds. The molecule has 0 unspecified atom stereocenters. The Morgan fingerprint density at radius 2 is 0.500 bits per heavy atom. The summed E-state index contributed by atoms with van der Waals surface area (Å²) in [7, 11) is 5.40. The summed E-state index contributed by atoms with van der Waals surface area (Å²) in [5.41, 5.74) is 12.2. The van der Waals surface area contributed by atoms with Crippen LogP contribution in [0.3, 0.4) is 0 Å². The number of rotatable bonds is 4. The van der Waals surface area contributed by atoms with Crippen molar-refractivity contribution < 1.29 is 38.1 Å². The molecule has 12 heteroatoms. The Kier molecular flexibility index (Phi) is 13.0. The molecule has 8 aromatic rings. The maximum absolute atomic E-state index is 12.2. The zero-order valence-corrected chi connectivity index (χ0v) is 39.7. The topological polar surface area (TPSA) is 105 Å². The molecular weight excluding hydrogens is 929 g/mol. The van der Waals surface area contributed by atoms with Gasteiger partial charge >= 0.3 is 23.9 Å². The maximum atomic E-state index is 12.2. The smallest absolute Gasteiger partial charge is 0.337 e. The van der Waals surface area contributed by atoms with E-state index in [4.69, 9.17) is 18.9 Å². The Hall–Kier alpha value is -8.20. The monoisotopic (exact) mass is 960 g/mol. The van der Waals surface area contributed by atoms with Crippen molar-refractivity contribution >= 4 is 69.2 Å². The van der Waals surface area contributed by atoms with E-state index < -0.39 is 23.9 Å². The van der Waals surface area contributed by atoms with Gasteiger partial charge < -0.3 is 18.9 Å². The van der Waals surface area contributed by atoms with E-state index in [0.717, 1.165) is 86.3 Å². The molecule has 0 saturated heterocycles. The molecule has 9 rings (SSSR count). The highest BCUT2D eigenvalue weighted by Crippen LogP contribution is 2.56. The first-order chi connectivity index (χ1) is 33.2. The molecule has 1 aliphatic rings. The number of hydrogen-bond donors (Lipinski definition) is 0. The second-order valence-electron chi connectivity index (χ2n) is 14.7. The average Bonchev–Trinajstić information content (AvgIpc) is 4.19. The van der Waals surface area contributed by atoms with E-state index in [1.54, 1.807) is 97.1 Å². The molecule has 0 fully saturated rings. The molecule has 4 heterocycles. The molecular formula is C56H32O8S4. The molecule has 4 aromatic carbocycles. The lowest BCUT2D eigenvalue weighted by atomic mass is 9.84. The summed E-state index contributed by atoms with van der Waals surface area (Å²) in [4.78, 5) is 52.0. The van der Waals surface area contributed by atoms with Crippen LogP contribution in [0.4, 0.5) is 0 Å². The summed E-state index contributed by atoms with van der Waals surface area (Å²) in [5.74, 6) is 25.5. The lowest BCUT2D eigenvalue weighted by molar-refractivity contribution is 0.0592. The number of methoxy groups -OCH3 is 4. The molecule has 0 spiro atoms. The molecule has 0 N–H and O–H groups in total. The van der Waals surface area contributed by atoms with Crippen molar-refractivity contribution in [1.29, 1.82) is 0 Å². The number of esters is 4. The van der Waals surface area contributed by atoms with Gasteiger partial charge in [-0.2, -0.15) is 0 Å². The summed E-state index contributed by atoms with van der Waals surface area (Å²) < 4.78 is 19.6. The number of benzene rings is 4. The van der Waals surface area contributed by atoms with Gasteiger partial charge in [-0.25, -0.2) is 19.2 Å². The number of thiophene rings is 4. The van der Waals surface area contributed by atoms with Gasteiger partial charge in [0, 0.05) is 88.3 Å². The number of fused-ring (bicyclic) bond motifs is 8. The fourth-order valence-corrected chi connectivity index (χ4v) is 11.0. The van der Waals surface area contributed by atoms with Gasteiger partial charge in [-0.1, -0.05) is 47.4 Å². The summed E-state index contributed by atoms with van der Waals surface area (Å²) >= 11 is 6.14. The Balaban J connectivity index is 1.25. The van der Waals surface area contributed by atoms with E-state index in [2.05, 4.69) is 68.9 Å². The van der Waals surface area contributed by atoms with E-state index >= 15 is 0 Å². The van der Waals surface area contributed by atoms with Crippen molar-refractivity contribution in [3.8, 4) is 91.9 Å². The molecule has 4 aromatic heterocycles. The predicted molar refractivity (Wildman–Crippen MR) is 268 cm³/mol. The number of carbonyl (C=O) groups excluding carboxylic acids is 4. The summed E-state index contributed by atoms with van der Waals surface area (Å²) in [6.07, 6.45) is 0. The molecule has 0 bridgehead atoms. The van der Waals surface area contributed by atoms with E-state index in [0.29, 0.717) is 22.3 Å². The average molecular weight is 961 g/mol. The van der Waals surface area contributed by atoms with Gasteiger partial charge in [0.05, 0.1) is 70.2 Å². The molecule has 328 valence electrons. The van der Waals surface area contributed by atoms with Crippen LogP contribution >= 0.6 is 45.3 Å². The van der Waals surface area contributed by atoms with Gasteiger partial charge in [-0.15, -0.1) is 45.3 Å². The van der Waals surface area contributed by atoms with Crippen LogP contribution in [-0.2, 0) is 18.9 Å². The van der Waals surface area contributed by atoms with E-state index in [1.807, 2.05) is 0 Å². The van der Waals surface area contributed by atoms with Crippen LogP contribution in [0.2, 0.25) is 0 Å². The SMILES string of the molecule is COC(=O)c1ccc(C#Cc2scc3c2-c2csc(C#Cc4ccc(C(=O)OC)cc4)c2-c2csc(C#Cc4ccc(C(=O)OC)cc4)c2-c2csc(C#Cc4ccc(C(=O)OC)cc4)c2-3)cc1. The number of ether oxygens (including phenoxy) is 4. The number of carbonyl (C=O) groups is 4. The Morgan fingerprint density at radius 1 is 0.309 bits per heavy atom. The third-order valence-electron chi connectivity index (χ3n) is 10.7. The summed E-state index contributed by atoms with van der Waals surface area (Å²) in [6.45, 7) is 0. The van der Waals surface area contributed by atoms with Crippen molar-refractivity contribution in [2.24, 2.45) is 0 Å². The minimum atomic E-state index is -0.425. The standard InChI is InChI=1S/C56H32O8S4/c1-61-53(57)37-17-5-33(6-18-37)13-25-45-49-41(29-65-45)50-43(31-67-46(50)26-14-34-7-19-38(20-8-34)54(58)62-2)52-44(32-68-48(52)28-16-36-11-23-40(24-12-36)56(60)64-4)51-42(49)30-66-47(51)27-15-35-9-21-39(22-10-35)55(59)63-3/h5-12,17-24,29-32H,1-4H3. The minimum absolute atomic E-state index is 0.425. The maximum Gasteiger partial charge on any atom is 0.337 e. The van der Waals surface area contributed by atoms with Gasteiger partial charge in [0.2, 0.25) is 0 Å². The van der Waals surface area contributed by atoms with Gasteiger partial charge in [0.25, 0.3) is 0 Å². The first kappa shape index (κ1) is 45.0. The second kappa shape index (κ2) is 19.7. The van der Waals surface area contributed by atoms with Gasteiger partial charge in [-0.3, -0.25) is 0 Å². The second-order valence-corrected chi connectivity index (χ2v) is 18.2. The zero-order chi connectivity index (χ0) is 47.3. The highest BCUT2D eigenvalue weighted by atomic mass is 32.1. The van der Waals surface area contributed by atoms with Gasteiger partial charge in [-0.05, 0) is 97.1 Å². The third kappa shape index (κ3) is 9.02. The van der Waals surface area contributed by atoms with Crippen LogP contribution in [0.5, 0.6) is 0 Å². The highest BCUT2D eigenvalue weighted by molar-refractivity contribution is 7.14. The van der Waals surface area contributed by atoms with Crippen LogP contribution in [0.25, 0.3) is 44.5 Å². The van der Waals surface area contributed by atoms with E-state index in [1.165, 1.54) is 73.8 Å². The van der Waals surface area contributed by atoms with Crippen molar-refractivity contribution in [3.63, 3.8) is 0 Å². The fourth-order valence-electron chi connectivity index (χ4n) is 7.35. The van der Waals surface area contributed by atoms with Crippen LogP contribution in [-0.4, -0.2) is 52.3 Å². The lowest BCUT2D eigenvalue weighted by Gasteiger charge is -2.16. The predicted octanol–water partition coefficient (Wildman–Crippen LogP) is 11.7. The molecule has 0 radical (unpaired) electrons. The van der Waals surface area contributed by atoms with E-state index in [-0.39, 0.29) is 0 Å². The lowest BCUT2D eigenvalue weighted by Crippen LogP contribution is -2.00. The molecule has 0 aliphatic heterocycles. The van der Waals surface area contributed by atoms with Crippen molar-refractivity contribution in [2.45, 2.75) is 0 Å². The molecule has 0 atom stereocenters. The van der Waals surface area contributed by atoms with Crippen molar-refractivity contribution in [3.05, 3.63) is 183 Å². The largest absolute Gasteiger partial charge is 0.465 e. The van der Waals surface area contributed by atoms with Crippen molar-refractivity contribution in [1.82, 2.24) is 0 Å². The van der Waals surface area contributed by atoms with Crippen LogP contribution in [0.15, 0.2) is 119 Å². The quantitative estimate of drug-likeness (QED) is 0.0976. The molecule has 0 saturated carbocycles. The molecule has 1 aliphatic carbocycles. The van der Waals surface area contributed by atoms with Crippen LogP contribution in [0, 0.1) is 47.4 Å².